The van der Waals surface area contributed by atoms with Gasteiger partial charge in [-0.25, -0.2) is 0 Å². The summed E-state index contributed by atoms with van der Waals surface area (Å²) in [6, 6.07) is 2.23. The van der Waals surface area contributed by atoms with Gasteiger partial charge in [0.05, 0.1) is 0 Å². The Labute approximate surface area is 84.0 Å². The summed E-state index contributed by atoms with van der Waals surface area (Å²) < 4.78 is 5.26. The minimum atomic E-state index is -0.793. The number of nitrogens with zero attached hydrogens (tertiary/aromatic N) is 1. The Hall–Kier alpha value is -1.04. The number of carbonyl (C=O) groups excluding carboxylic acids is 1. The third-order valence-electron chi connectivity index (χ3n) is 3.64. The molecular formula is C11H15NO2. The van der Waals surface area contributed by atoms with Gasteiger partial charge in [0.25, 0.3) is 0 Å². The van der Waals surface area contributed by atoms with Crippen molar-refractivity contribution in [2.45, 2.75) is 44.6 Å². The molecular weight excluding hydrogens is 178 g/mol. The second-order valence-electron chi connectivity index (χ2n) is 4.51. The van der Waals surface area contributed by atoms with Gasteiger partial charge in [-0.2, -0.15) is 5.26 Å². The summed E-state index contributed by atoms with van der Waals surface area (Å²) in [7, 11) is 0. The average molecular weight is 193 g/mol. The van der Waals surface area contributed by atoms with Gasteiger partial charge in [-0.1, -0.05) is 0 Å². The van der Waals surface area contributed by atoms with E-state index in [1.54, 1.807) is 0 Å². The minimum absolute atomic E-state index is 0.287. The van der Waals surface area contributed by atoms with Crippen LogP contribution in [0.4, 0.5) is 0 Å². The first-order chi connectivity index (χ1) is 6.66. The zero-order valence-electron chi connectivity index (χ0n) is 8.45. The molecule has 2 fully saturated rings. The topological polar surface area (TPSA) is 50.1 Å². The van der Waals surface area contributed by atoms with E-state index in [9.17, 15) is 10.1 Å². The highest BCUT2D eigenvalue weighted by Gasteiger charge is 2.49. The standard InChI is InChI=1S/C11H15NO2/c1-8(13)14-11(7-12)5-4-9-2-3-10(11)6-9/h9-10H,2-6H2,1H3/t9-,10-,11-/m1/s1. The monoisotopic (exact) mass is 193 g/mol. The van der Waals surface area contributed by atoms with Crippen molar-refractivity contribution < 1.29 is 9.53 Å². The van der Waals surface area contributed by atoms with Gasteiger partial charge in [0.15, 0.2) is 5.60 Å². The minimum Gasteiger partial charge on any atom is -0.444 e. The van der Waals surface area contributed by atoms with E-state index < -0.39 is 5.60 Å². The van der Waals surface area contributed by atoms with Crippen LogP contribution in [0.2, 0.25) is 0 Å². The Balaban J connectivity index is 2.19. The molecule has 2 bridgehead atoms. The van der Waals surface area contributed by atoms with Gasteiger partial charge in [0.2, 0.25) is 0 Å². The molecule has 0 spiro atoms. The number of rotatable bonds is 1. The molecule has 76 valence electrons. The normalized spacial score (nSPS) is 40.3. The summed E-state index contributed by atoms with van der Waals surface area (Å²) in [5.41, 5.74) is -0.793. The fourth-order valence-corrected chi connectivity index (χ4v) is 2.94. The van der Waals surface area contributed by atoms with Crippen LogP contribution in [0.5, 0.6) is 0 Å². The number of hydrogen-bond donors (Lipinski definition) is 0. The Morgan fingerprint density at radius 1 is 1.50 bits per heavy atom. The quantitative estimate of drug-likeness (QED) is 0.598. The van der Waals surface area contributed by atoms with Crippen LogP contribution in [-0.2, 0) is 9.53 Å². The molecule has 0 aromatic heterocycles. The molecule has 0 aromatic rings. The van der Waals surface area contributed by atoms with E-state index in [1.165, 1.54) is 13.3 Å². The van der Waals surface area contributed by atoms with Crippen molar-refractivity contribution in [2.75, 3.05) is 0 Å². The van der Waals surface area contributed by atoms with Gasteiger partial charge in [0, 0.05) is 19.3 Å². The van der Waals surface area contributed by atoms with Crippen LogP contribution < -0.4 is 0 Å². The predicted octanol–water partition coefficient (Wildman–Crippen LogP) is 2.02. The lowest BCUT2D eigenvalue weighted by Gasteiger charge is -2.35. The van der Waals surface area contributed by atoms with Gasteiger partial charge >= 0.3 is 5.97 Å². The number of fused-ring (bicyclic) bond motifs is 2. The van der Waals surface area contributed by atoms with Gasteiger partial charge in [-0.15, -0.1) is 0 Å². The van der Waals surface area contributed by atoms with Crippen molar-refractivity contribution in [3.05, 3.63) is 0 Å². The molecule has 0 amide bonds. The van der Waals surface area contributed by atoms with E-state index in [0.29, 0.717) is 0 Å². The molecule has 0 aliphatic heterocycles. The molecule has 2 aliphatic rings. The van der Waals surface area contributed by atoms with E-state index in [2.05, 4.69) is 6.07 Å². The molecule has 2 rings (SSSR count). The molecule has 3 atom stereocenters. The molecule has 0 unspecified atom stereocenters. The van der Waals surface area contributed by atoms with Gasteiger partial charge < -0.3 is 4.74 Å². The fourth-order valence-electron chi connectivity index (χ4n) is 2.94. The Morgan fingerprint density at radius 3 is 2.93 bits per heavy atom. The maximum Gasteiger partial charge on any atom is 0.304 e. The van der Waals surface area contributed by atoms with Crippen LogP contribution in [-0.4, -0.2) is 11.6 Å². The molecule has 0 heterocycles. The van der Waals surface area contributed by atoms with Crippen LogP contribution in [0.15, 0.2) is 0 Å². The molecule has 3 heteroatoms. The van der Waals surface area contributed by atoms with E-state index in [0.717, 1.165) is 31.6 Å². The summed E-state index contributed by atoms with van der Waals surface area (Å²) in [6.45, 7) is 1.39. The first kappa shape index (κ1) is 9.51. The molecule has 0 saturated heterocycles. The number of ether oxygens (including phenoxy) is 1. The van der Waals surface area contributed by atoms with Crippen LogP contribution >= 0.6 is 0 Å². The molecule has 0 radical (unpaired) electrons. The maximum absolute atomic E-state index is 11.0. The first-order valence-electron chi connectivity index (χ1n) is 5.27. The zero-order chi connectivity index (χ0) is 10.2. The van der Waals surface area contributed by atoms with Gasteiger partial charge in [-0.05, 0) is 31.6 Å². The van der Waals surface area contributed by atoms with Crippen molar-refractivity contribution in [2.24, 2.45) is 11.8 Å². The Bertz CT molecular complexity index is 294. The summed E-state index contributed by atoms with van der Waals surface area (Å²) in [5.74, 6) is 0.740. The lowest BCUT2D eigenvalue weighted by atomic mass is 9.77. The van der Waals surface area contributed by atoms with Gasteiger partial charge in [-0.3, -0.25) is 4.79 Å². The van der Waals surface area contributed by atoms with Crippen molar-refractivity contribution in [3.8, 4) is 6.07 Å². The van der Waals surface area contributed by atoms with Crippen molar-refractivity contribution in [3.63, 3.8) is 0 Å². The molecule has 0 N–H and O–H groups in total. The summed E-state index contributed by atoms with van der Waals surface area (Å²) >= 11 is 0. The zero-order valence-corrected chi connectivity index (χ0v) is 8.45. The van der Waals surface area contributed by atoms with Crippen LogP contribution in [0, 0.1) is 23.2 Å². The highest BCUT2D eigenvalue weighted by atomic mass is 16.6. The Kier molecular flexibility index (Phi) is 2.22. The second kappa shape index (κ2) is 3.27. The molecule has 2 saturated carbocycles. The van der Waals surface area contributed by atoms with E-state index in [1.807, 2.05) is 0 Å². The van der Waals surface area contributed by atoms with Crippen LogP contribution in [0.1, 0.15) is 39.0 Å². The number of esters is 1. The average Bonchev–Trinajstić information content (AvgIpc) is 2.55. The highest BCUT2D eigenvalue weighted by Crippen LogP contribution is 2.48. The Morgan fingerprint density at radius 2 is 2.29 bits per heavy atom. The SMILES string of the molecule is CC(=O)O[C@@]1(C#N)CC[C@H]2CC[C@@H]1C2. The number of hydrogen-bond acceptors (Lipinski definition) is 3. The smallest absolute Gasteiger partial charge is 0.304 e. The first-order valence-corrected chi connectivity index (χ1v) is 5.27. The van der Waals surface area contributed by atoms with E-state index in [4.69, 9.17) is 4.74 Å². The highest BCUT2D eigenvalue weighted by molar-refractivity contribution is 5.67. The van der Waals surface area contributed by atoms with Crippen molar-refractivity contribution in [1.82, 2.24) is 0 Å². The lowest BCUT2D eigenvalue weighted by Crippen LogP contribution is -2.42. The summed E-state index contributed by atoms with van der Waals surface area (Å²) in [5, 5.41) is 9.18. The van der Waals surface area contributed by atoms with Crippen molar-refractivity contribution in [1.29, 1.82) is 5.26 Å². The molecule has 0 aromatic carbocycles. The van der Waals surface area contributed by atoms with E-state index in [-0.39, 0.29) is 11.9 Å². The third kappa shape index (κ3) is 1.39. The molecule has 2 aliphatic carbocycles. The molecule has 3 nitrogen and oxygen atoms in total. The fraction of sp³-hybridized carbons (Fsp3) is 0.818. The van der Waals surface area contributed by atoms with Crippen molar-refractivity contribution >= 4 is 5.97 Å². The number of nitriles is 1. The van der Waals surface area contributed by atoms with Crippen LogP contribution in [0.3, 0.4) is 0 Å². The van der Waals surface area contributed by atoms with Crippen LogP contribution in [0.25, 0.3) is 0 Å². The third-order valence-corrected chi connectivity index (χ3v) is 3.64. The predicted molar refractivity (Wildman–Crippen MR) is 50.2 cm³/mol. The number of carbonyl (C=O) groups is 1. The maximum atomic E-state index is 11.0. The second-order valence-corrected chi connectivity index (χ2v) is 4.51. The lowest BCUT2D eigenvalue weighted by molar-refractivity contribution is -0.158. The summed E-state index contributed by atoms with van der Waals surface area (Å²) in [4.78, 5) is 11.0. The van der Waals surface area contributed by atoms with Gasteiger partial charge in [0.1, 0.15) is 6.07 Å². The largest absolute Gasteiger partial charge is 0.444 e. The summed E-state index contributed by atoms with van der Waals surface area (Å²) in [6.07, 6.45) is 5.09. The van der Waals surface area contributed by atoms with E-state index >= 15 is 0 Å². The molecule has 14 heavy (non-hydrogen) atoms.